The van der Waals surface area contributed by atoms with Crippen LogP contribution in [0.4, 0.5) is 5.69 Å². The number of aromatic nitrogens is 3. The lowest BCUT2D eigenvalue weighted by Gasteiger charge is -2.14. The molecule has 0 saturated heterocycles. The van der Waals surface area contributed by atoms with Crippen molar-refractivity contribution in [3.8, 4) is 0 Å². The van der Waals surface area contributed by atoms with E-state index in [2.05, 4.69) is 22.1 Å². The van der Waals surface area contributed by atoms with Crippen molar-refractivity contribution in [2.45, 2.75) is 42.6 Å². The number of nitrogens with zero attached hydrogens (tertiary/aromatic N) is 3. The van der Waals surface area contributed by atoms with Gasteiger partial charge in [-0.2, -0.15) is 0 Å². The van der Waals surface area contributed by atoms with Crippen LogP contribution in [0.3, 0.4) is 0 Å². The summed E-state index contributed by atoms with van der Waals surface area (Å²) in [5, 5.41) is 12.5. The Bertz CT molecular complexity index is 804. The molecule has 8 heteroatoms. The third-order valence-corrected chi connectivity index (χ3v) is 5.76. The maximum absolute atomic E-state index is 12.5. The predicted molar refractivity (Wildman–Crippen MR) is 103 cm³/mol. The monoisotopic (exact) mass is 396 g/mol. The van der Waals surface area contributed by atoms with E-state index in [0.717, 1.165) is 23.8 Å². The Balaban J connectivity index is 1.71. The highest BCUT2D eigenvalue weighted by Gasteiger charge is 2.31. The molecule has 1 aromatic heterocycles. The molecule has 2 aromatic rings. The van der Waals surface area contributed by atoms with Crippen molar-refractivity contribution in [3.05, 3.63) is 46.7 Å². The number of nitrogens with one attached hydrogen (secondary N) is 1. The second-order valence-corrected chi connectivity index (χ2v) is 7.96. The van der Waals surface area contributed by atoms with Crippen molar-refractivity contribution in [3.63, 3.8) is 0 Å². The molecule has 1 unspecified atom stereocenters. The van der Waals surface area contributed by atoms with E-state index < -0.39 is 0 Å². The maximum Gasteiger partial charge on any atom is 0.237 e. The summed E-state index contributed by atoms with van der Waals surface area (Å²) in [7, 11) is 0. The van der Waals surface area contributed by atoms with Gasteiger partial charge in [0.05, 0.1) is 21.0 Å². The fourth-order valence-electron chi connectivity index (χ4n) is 2.38. The van der Waals surface area contributed by atoms with Gasteiger partial charge < -0.3 is 9.88 Å². The van der Waals surface area contributed by atoms with Gasteiger partial charge in [-0.25, -0.2) is 0 Å². The van der Waals surface area contributed by atoms with Crippen molar-refractivity contribution in [2.24, 2.45) is 0 Å². The van der Waals surface area contributed by atoms with E-state index in [-0.39, 0.29) is 11.2 Å². The molecule has 3 rings (SSSR count). The van der Waals surface area contributed by atoms with Crippen molar-refractivity contribution in [2.75, 3.05) is 5.32 Å². The molecular weight excluding hydrogens is 379 g/mol. The molecule has 0 aliphatic heterocycles. The highest BCUT2D eigenvalue weighted by Crippen LogP contribution is 2.40. The minimum atomic E-state index is -0.366. The second-order valence-electron chi connectivity index (χ2n) is 5.87. The topological polar surface area (TPSA) is 59.8 Å². The predicted octanol–water partition coefficient (Wildman–Crippen LogP) is 4.77. The summed E-state index contributed by atoms with van der Waals surface area (Å²) in [6.07, 6.45) is 4.10. The number of hydrogen-bond acceptors (Lipinski definition) is 4. The molecule has 0 radical (unpaired) electrons. The minimum absolute atomic E-state index is 0.171. The number of allylic oxidation sites excluding steroid dienone is 1. The number of amides is 1. The van der Waals surface area contributed by atoms with Gasteiger partial charge in [-0.1, -0.05) is 47.1 Å². The number of benzene rings is 1. The first-order valence-electron chi connectivity index (χ1n) is 7.96. The normalized spacial score (nSPS) is 15.0. The molecule has 0 spiro atoms. The molecule has 1 fully saturated rings. The number of anilines is 1. The van der Waals surface area contributed by atoms with Crippen LogP contribution in [0.1, 0.15) is 31.5 Å². The van der Waals surface area contributed by atoms with Gasteiger partial charge in [0.25, 0.3) is 0 Å². The first-order chi connectivity index (χ1) is 12.0. The summed E-state index contributed by atoms with van der Waals surface area (Å²) in [5.41, 5.74) is 0.498. The molecular formula is C17H18Cl2N4OS. The second kappa shape index (κ2) is 7.81. The number of halogens is 2. The SMILES string of the molecule is C=CCn1c(SC(C)C(=O)Nc2cccc(Cl)c2Cl)nnc1C1CC1. The minimum Gasteiger partial charge on any atom is -0.324 e. The quantitative estimate of drug-likeness (QED) is 0.540. The number of hydrogen-bond donors (Lipinski definition) is 1. The Kier molecular flexibility index (Phi) is 5.71. The Morgan fingerprint density at radius 1 is 1.48 bits per heavy atom. The lowest BCUT2D eigenvalue weighted by atomic mass is 10.3. The van der Waals surface area contributed by atoms with E-state index in [1.165, 1.54) is 11.8 Å². The molecule has 1 aromatic carbocycles. The Labute approximate surface area is 160 Å². The molecule has 1 atom stereocenters. The average Bonchev–Trinajstić information content (AvgIpc) is 3.36. The van der Waals surface area contributed by atoms with Gasteiger partial charge in [-0.05, 0) is 31.9 Å². The molecule has 1 aliphatic carbocycles. The third-order valence-electron chi connectivity index (χ3n) is 3.86. The maximum atomic E-state index is 12.5. The summed E-state index contributed by atoms with van der Waals surface area (Å²) in [4.78, 5) is 12.5. The van der Waals surface area contributed by atoms with E-state index in [1.54, 1.807) is 18.2 Å². The first kappa shape index (κ1) is 18.3. The molecule has 25 heavy (non-hydrogen) atoms. The van der Waals surface area contributed by atoms with Gasteiger partial charge in [0.1, 0.15) is 5.82 Å². The van der Waals surface area contributed by atoms with E-state index in [4.69, 9.17) is 23.2 Å². The lowest BCUT2D eigenvalue weighted by molar-refractivity contribution is -0.115. The van der Waals surface area contributed by atoms with Crippen LogP contribution in [0.2, 0.25) is 10.0 Å². The zero-order chi connectivity index (χ0) is 18.0. The van der Waals surface area contributed by atoms with Crippen LogP contribution in [0.25, 0.3) is 0 Å². The lowest BCUT2D eigenvalue weighted by Crippen LogP contribution is -2.23. The van der Waals surface area contributed by atoms with Gasteiger partial charge in [0, 0.05) is 12.5 Å². The first-order valence-corrected chi connectivity index (χ1v) is 9.60. The van der Waals surface area contributed by atoms with Crippen LogP contribution in [-0.4, -0.2) is 25.9 Å². The smallest absolute Gasteiger partial charge is 0.237 e. The van der Waals surface area contributed by atoms with Crippen LogP contribution in [-0.2, 0) is 11.3 Å². The number of thioether (sulfide) groups is 1. The fraction of sp³-hybridized carbons (Fsp3) is 0.353. The number of rotatable bonds is 7. The van der Waals surface area contributed by atoms with Crippen molar-refractivity contribution < 1.29 is 4.79 Å². The highest BCUT2D eigenvalue weighted by atomic mass is 35.5. The Morgan fingerprint density at radius 3 is 2.92 bits per heavy atom. The van der Waals surface area contributed by atoms with Crippen LogP contribution in [0, 0.1) is 0 Å². The molecule has 5 nitrogen and oxygen atoms in total. The summed E-state index contributed by atoms with van der Waals surface area (Å²) >= 11 is 13.5. The van der Waals surface area contributed by atoms with E-state index >= 15 is 0 Å². The Morgan fingerprint density at radius 2 is 2.24 bits per heavy atom. The average molecular weight is 397 g/mol. The summed E-state index contributed by atoms with van der Waals surface area (Å²) < 4.78 is 2.03. The molecule has 0 bridgehead atoms. The van der Waals surface area contributed by atoms with Crippen molar-refractivity contribution in [1.29, 1.82) is 0 Å². The molecule has 1 heterocycles. The molecule has 1 aliphatic rings. The number of carbonyl (C=O) groups excluding carboxylic acids is 1. The zero-order valence-electron chi connectivity index (χ0n) is 13.7. The standard InChI is InChI=1S/C17H18Cl2N4OS/c1-3-9-23-15(11-7-8-11)21-22-17(23)25-10(2)16(24)20-13-6-4-5-12(18)14(13)19/h3-6,10-11H,1,7-9H2,2H3,(H,20,24). The highest BCUT2D eigenvalue weighted by molar-refractivity contribution is 8.00. The van der Waals surface area contributed by atoms with Crippen molar-refractivity contribution >= 4 is 46.6 Å². The van der Waals surface area contributed by atoms with Gasteiger partial charge >= 0.3 is 0 Å². The van der Waals surface area contributed by atoms with Gasteiger partial charge in [-0.3, -0.25) is 4.79 Å². The summed E-state index contributed by atoms with van der Waals surface area (Å²) in [6.45, 7) is 6.25. The van der Waals surface area contributed by atoms with Crippen LogP contribution in [0.5, 0.6) is 0 Å². The van der Waals surface area contributed by atoms with Crippen LogP contribution >= 0.6 is 35.0 Å². The molecule has 132 valence electrons. The van der Waals surface area contributed by atoms with Crippen LogP contribution in [0.15, 0.2) is 36.0 Å². The number of carbonyl (C=O) groups is 1. The van der Waals surface area contributed by atoms with Crippen LogP contribution < -0.4 is 5.32 Å². The van der Waals surface area contributed by atoms with E-state index in [1.807, 2.05) is 17.6 Å². The summed E-state index contributed by atoms with van der Waals surface area (Å²) in [6, 6.07) is 5.13. The molecule has 1 saturated carbocycles. The molecule has 1 amide bonds. The van der Waals surface area contributed by atoms with E-state index in [0.29, 0.717) is 28.2 Å². The van der Waals surface area contributed by atoms with Gasteiger partial charge in [-0.15, -0.1) is 16.8 Å². The fourth-order valence-corrected chi connectivity index (χ4v) is 3.59. The Hall–Kier alpha value is -1.50. The van der Waals surface area contributed by atoms with Crippen molar-refractivity contribution in [1.82, 2.24) is 14.8 Å². The summed E-state index contributed by atoms with van der Waals surface area (Å²) in [5.74, 6) is 1.29. The van der Waals surface area contributed by atoms with Gasteiger partial charge in [0.2, 0.25) is 5.91 Å². The zero-order valence-corrected chi connectivity index (χ0v) is 16.0. The largest absolute Gasteiger partial charge is 0.324 e. The van der Waals surface area contributed by atoms with Gasteiger partial charge in [0.15, 0.2) is 5.16 Å². The molecule has 1 N–H and O–H groups in total. The van der Waals surface area contributed by atoms with E-state index in [9.17, 15) is 4.79 Å². The third kappa shape index (κ3) is 4.19.